The van der Waals surface area contributed by atoms with Gasteiger partial charge in [0.1, 0.15) is 6.10 Å². The van der Waals surface area contributed by atoms with Gasteiger partial charge in [-0.15, -0.1) is 0 Å². The molecule has 1 aromatic heterocycles. The molecule has 1 saturated heterocycles. The lowest BCUT2D eigenvalue weighted by atomic mass is 9.93. The van der Waals surface area contributed by atoms with E-state index in [2.05, 4.69) is 0 Å². The van der Waals surface area contributed by atoms with Crippen molar-refractivity contribution in [3.63, 3.8) is 0 Å². The SMILES string of the molecule is O=C1OC(c2ccccc2)Cc2cc(C(=O)N3CCN(C(=O)c4ccco4)CC3)ccc21. The molecule has 5 rings (SSSR count). The van der Waals surface area contributed by atoms with Crippen LogP contribution in [0.1, 0.15) is 48.5 Å². The minimum absolute atomic E-state index is 0.104. The molecule has 0 bridgehead atoms. The minimum atomic E-state index is -0.371. The maximum Gasteiger partial charge on any atom is 0.339 e. The van der Waals surface area contributed by atoms with Crippen molar-refractivity contribution in [2.75, 3.05) is 26.2 Å². The summed E-state index contributed by atoms with van der Waals surface area (Å²) in [6.45, 7) is 1.77. The lowest BCUT2D eigenvalue weighted by Crippen LogP contribution is -2.50. The van der Waals surface area contributed by atoms with Crippen LogP contribution in [0.4, 0.5) is 0 Å². The third kappa shape index (κ3) is 3.77. The second kappa shape index (κ2) is 8.34. The number of fused-ring (bicyclic) bond motifs is 1. The Kier molecular flexibility index (Phi) is 5.23. The summed E-state index contributed by atoms with van der Waals surface area (Å²) in [7, 11) is 0. The maximum atomic E-state index is 13.1. The number of hydrogen-bond donors (Lipinski definition) is 0. The van der Waals surface area contributed by atoms with Crippen LogP contribution in [0.3, 0.4) is 0 Å². The zero-order valence-electron chi connectivity index (χ0n) is 17.4. The summed E-state index contributed by atoms with van der Waals surface area (Å²) in [6.07, 6.45) is 1.64. The second-order valence-electron chi connectivity index (χ2n) is 7.94. The molecule has 7 nitrogen and oxygen atoms in total. The van der Waals surface area contributed by atoms with Gasteiger partial charge < -0.3 is 19.0 Å². The number of amides is 2. The molecule has 0 aliphatic carbocycles. The average Bonchev–Trinajstić information content (AvgIpc) is 3.38. The molecule has 1 unspecified atom stereocenters. The molecular formula is C25H22N2O5. The van der Waals surface area contributed by atoms with E-state index in [1.54, 1.807) is 40.1 Å². The van der Waals surface area contributed by atoms with Crippen LogP contribution < -0.4 is 0 Å². The first kappa shape index (κ1) is 20.1. The Morgan fingerprint density at radius 2 is 1.56 bits per heavy atom. The first-order valence-corrected chi connectivity index (χ1v) is 10.6. The number of piperazine rings is 1. The van der Waals surface area contributed by atoms with E-state index < -0.39 is 0 Å². The predicted molar refractivity (Wildman–Crippen MR) is 115 cm³/mol. The van der Waals surface area contributed by atoms with Gasteiger partial charge in [0.25, 0.3) is 11.8 Å². The highest BCUT2D eigenvalue weighted by molar-refractivity contribution is 5.98. The van der Waals surface area contributed by atoms with Gasteiger partial charge in [-0.3, -0.25) is 9.59 Å². The van der Waals surface area contributed by atoms with Gasteiger partial charge >= 0.3 is 5.97 Å². The van der Waals surface area contributed by atoms with Gasteiger partial charge in [0.05, 0.1) is 11.8 Å². The van der Waals surface area contributed by atoms with E-state index in [0.29, 0.717) is 49.5 Å². The van der Waals surface area contributed by atoms with Gasteiger partial charge in [0.15, 0.2) is 5.76 Å². The second-order valence-corrected chi connectivity index (χ2v) is 7.94. The molecule has 3 aromatic rings. The summed E-state index contributed by atoms with van der Waals surface area (Å²) in [4.78, 5) is 41.5. The van der Waals surface area contributed by atoms with Crippen LogP contribution in [-0.4, -0.2) is 53.8 Å². The number of rotatable bonds is 3. The van der Waals surface area contributed by atoms with E-state index >= 15 is 0 Å². The minimum Gasteiger partial charge on any atom is -0.459 e. The molecule has 0 spiro atoms. The maximum absolute atomic E-state index is 13.1. The smallest absolute Gasteiger partial charge is 0.339 e. The molecule has 2 aliphatic rings. The van der Waals surface area contributed by atoms with Crippen molar-refractivity contribution in [3.05, 3.63) is 94.9 Å². The van der Waals surface area contributed by atoms with Crippen LogP contribution >= 0.6 is 0 Å². The highest BCUT2D eigenvalue weighted by Gasteiger charge is 2.30. The zero-order valence-corrected chi connectivity index (χ0v) is 17.4. The number of carbonyl (C=O) groups excluding carboxylic acids is 3. The van der Waals surface area contributed by atoms with Crippen molar-refractivity contribution in [3.8, 4) is 0 Å². The van der Waals surface area contributed by atoms with Gasteiger partial charge in [-0.25, -0.2) is 4.79 Å². The fourth-order valence-corrected chi connectivity index (χ4v) is 4.23. The van der Waals surface area contributed by atoms with Crippen LogP contribution in [0, 0.1) is 0 Å². The Morgan fingerprint density at radius 1 is 0.844 bits per heavy atom. The average molecular weight is 430 g/mol. The summed E-state index contributed by atoms with van der Waals surface area (Å²) >= 11 is 0. The molecule has 2 aliphatic heterocycles. The number of esters is 1. The van der Waals surface area contributed by atoms with E-state index in [-0.39, 0.29) is 23.9 Å². The van der Waals surface area contributed by atoms with Gasteiger partial charge in [-0.1, -0.05) is 30.3 Å². The number of carbonyl (C=O) groups is 3. The van der Waals surface area contributed by atoms with E-state index in [1.165, 1.54) is 6.26 Å². The fraction of sp³-hybridized carbons (Fsp3) is 0.240. The molecule has 7 heteroatoms. The van der Waals surface area contributed by atoms with Crippen LogP contribution in [0.15, 0.2) is 71.3 Å². The number of benzene rings is 2. The highest BCUT2D eigenvalue weighted by Crippen LogP contribution is 2.31. The number of ether oxygens (including phenoxy) is 1. The Balaban J connectivity index is 1.28. The molecule has 32 heavy (non-hydrogen) atoms. The van der Waals surface area contributed by atoms with E-state index in [0.717, 1.165) is 11.1 Å². The van der Waals surface area contributed by atoms with Crippen LogP contribution in [0.5, 0.6) is 0 Å². The molecule has 2 amide bonds. The highest BCUT2D eigenvalue weighted by atomic mass is 16.5. The standard InChI is InChI=1S/C25H22N2O5/c28-23(26-10-12-27(13-11-26)24(29)21-7-4-14-31-21)18-8-9-20-19(15-18)16-22(32-25(20)30)17-5-2-1-3-6-17/h1-9,14-15,22H,10-13,16H2. The van der Waals surface area contributed by atoms with E-state index in [1.807, 2.05) is 30.3 Å². The summed E-state index contributed by atoms with van der Waals surface area (Å²) in [5.41, 5.74) is 2.78. The monoisotopic (exact) mass is 430 g/mol. The van der Waals surface area contributed by atoms with E-state index in [9.17, 15) is 14.4 Å². The molecule has 3 heterocycles. The van der Waals surface area contributed by atoms with Crippen LogP contribution in [0.25, 0.3) is 0 Å². The van der Waals surface area contributed by atoms with Gasteiger partial charge in [0.2, 0.25) is 0 Å². The molecule has 1 atom stereocenters. The van der Waals surface area contributed by atoms with Gasteiger partial charge in [-0.05, 0) is 41.5 Å². The quantitative estimate of drug-likeness (QED) is 0.596. The summed E-state index contributed by atoms with van der Waals surface area (Å²) in [5.74, 6) is -0.335. The summed E-state index contributed by atoms with van der Waals surface area (Å²) < 4.78 is 10.8. The molecule has 0 radical (unpaired) electrons. The van der Waals surface area contributed by atoms with Gasteiger partial charge in [0, 0.05) is 38.2 Å². The molecule has 0 saturated carbocycles. The van der Waals surface area contributed by atoms with Crippen molar-refractivity contribution in [1.82, 2.24) is 9.80 Å². The lowest BCUT2D eigenvalue weighted by Gasteiger charge is -2.34. The Bertz CT molecular complexity index is 1150. The molecule has 2 aromatic carbocycles. The number of nitrogens with zero attached hydrogens (tertiary/aromatic N) is 2. The molecule has 1 fully saturated rings. The number of furan rings is 1. The third-order valence-electron chi connectivity index (χ3n) is 5.98. The Morgan fingerprint density at radius 3 is 2.25 bits per heavy atom. The summed E-state index contributed by atoms with van der Waals surface area (Å²) in [5, 5.41) is 0. The number of cyclic esters (lactones) is 1. The summed E-state index contributed by atoms with van der Waals surface area (Å²) in [6, 6.07) is 18.1. The first-order chi connectivity index (χ1) is 15.6. The van der Waals surface area contributed by atoms with Crippen molar-refractivity contribution in [2.45, 2.75) is 12.5 Å². The largest absolute Gasteiger partial charge is 0.459 e. The molecular weight excluding hydrogens is 408 g/mol. The zero-order chi connectivity index (χ0) is 22.1. The van der Waals surface area contributed by atoms with Crippen molar-refractivity contribution in [2.24, 2.45) is 0 Å². The first-order valence-electron chi connectivity index (χ1n) is 10.6. The molecule has 0 N–H and O–H groups in total. The van der Waals surface area contributed by atoms with Crippen LogP contribution in [0.2, 0.25) is 0 Å². The number of hydrogen-bond acceptors (Lipinski definition) is 5. The third-order valence-corrected chi connectivity index (χ3v) is 5.98. The van der Waals surface area contributed by atoms with Crippen molar-refractivity contribution < 1.29 is 23.5 Å². The Hall–Kier alpha value is -3.87. The van der Waals surface area contributed by atoms with Crippen molar-refractivity contribution in [1.29, 1.82) is 0 Å². The van der Waals surface area contributed by atoms with Crippen LogP contribution in [-0.2, 0) is 11.2 Å². The van der Waals surface area contributed by atoms with Crippen molar-refractivity contribution >= 4 is 17.8 Å². The normalized spacial score (nSPS) is 18.1. The Labute approximate surface area is 185 Å². The lowest BCUT2D eigenvalue weighted by molar-refractivity contribution is 0.0252. The predicted octanol–water partition coefficient (Wildman–Crippen LogP) is 3.33. The van der Waals surface area contributed by atoms with E-state index in [4.69, 9.17) is 9.15 Å². The molecule has 162 valence electrons. The fourth-order valence-electron chi connectivity index (χ4n) is 4.23. The topological polar surface area (TPSA) is 80.1 Å². The van der Waals surface area contributed by atoms with Gasteiger partial charge in [-0.2, -0.15) is 0 Å².